The van der Waals surface area contributed by atoms with Crippen LogP contribution in [0.15, 0.2) is 72.9 Å². The molecule has 37 heavy (non-hydrogen) atoms. The van der Waals surface area contributed by atoms with Gasteiger partial charge in [0.2, 0.25) is 0 Å². The Labute approximate surface area is 238 Å². The van der Waals surface area contributed by atoms with Gasteiger partial charge in [-0.25, -0.2) is 0 Å². The third kappa shape index (κ3) is 8.64. The fourth-order valence-electron chi connectivity index (χ4n) is 3.73. The van der Waals surface area contributed by atoms with E-state index in [1.54, 1.807) is 0 Å². The number of aliphatic hydroxyl groups excluding tert-OH is 2. The SMILES string of the molecule is CO.CO.C[Si](C)(C)c1ccc(-c2[c-]c(-c3nc(-c4[c-]cccc4)ccc3[Si](C)(C)C)ccc2)nc1.[Ir]. The van der Waals surface area contributed by atoms with Gasteiger partial charge in [-0.3, -0.25) is 4.98 Å². The second-order valence-corrected chi connectivity index (χ2v) is 20.4. The van der Waals surface area contributed by atoms with Crippen molar-refractivity contribution in [2.24, 2.45) is 0 Å². The van der Waals surface area contributed by atoms with Crippen molar-refractivity contribution >= 4 is 26.5 Å². The van der Waals surface area contributed by atoms with Crippen LogP contribution in [0, 0.1) is 12.1 Å². The molecule has 0 fully saturated rings. The first-order valence-corrected chi connectivity index (χ1v) is 19.0. The Morgan fingerprint density at radius 3 is 1.81 bits per heavy atom. The van der Waals surface area contributed by atoms with E-state index in [1.807, 2.05) is 24.4 Å². The fraction of sp³-hybridized carbons (Fsp3) is 0.267. The summed E-state index contributed by atoms with van der Waals surface area (Å²) in [5.74, 6) is 0. The van der Waals surface area contributed by atoms with Crippen LogP contribution in [0.4, 0.5) is 0 Å². The molecule has 7 heteroatoms. The molecule has 0 saturated carbocycles. The number of hydrogen-bond donors (Lipinski definition) is 2. The van der Waals surface area contributed by atoms with Gasteiger partial charge < -0.3 is 15.2 Å². The van der Waals surface area contributed by atoms with E-state index >= 15 is 0 Å². The predicted molar refractivity (Wildman–Crippen MR) is 158 cm³/mol. The number of pyridine rings is 2. The first-order valence-electron chi connectivity index (χ1n) is 12.0. The maximum atomic E-state index is 7.00. The maximum Gasteiger partial charge on any atom is 0.0795 e. The standard InChI is InChI=1S/C28H30N2Si2.2CH4O.Ir/c1-31(2,3)24-15-16-25(29-20-24)22-13-10-14-23(19-22)28-27(32(4,5)6)18-17-26(30-28)21-11-8-7-9-12-21;2*1-2;/h7-11,13-18,20H,1-6H3;2*2H,1H3;/q-2;;;. The van der Waals surface area contributed by atoms with Gasteiger partial charge in [-0.05, 0) is 16.6 Å². The van der Waals surface area contributed by atoms with Crippen LogP contribution in [-0.4, -0.2) is 50.5 Å². The molecule has 0 amide bonds. The molecule has 0 aliphatic heterocycles. The zero-order chi connectivity index (χ0) is 26.9. The van der Waals surface area contributed by atoms with Gasteiger partial charge in [-0.15, -0.1) is 60.2 Å². The molecule has 0 spiro atoms. The summed E-state index contributed by atoms with van der Waals surface area (Å²) >= 11 is 0. The van der Waals surface area contributed by atoms with Crippen LogP contribution in [0.1, 0.15) is 0 Å². The normalized spacial score (nSPS) is 10.8. The van der Waals surface area contributed by atoms with E-state index in [1.165, 1.54) is 10.4 Å². The molecule has 1 radical (unpaired) electrons. The van der Waals surface area contributed by atoms with Crippen molar-refractivity contribution < 1.29 is 30.3 Å². The minimum Gasteiger partial charge on any atom is -0.400 e. The zero-order valence-corrected chi connectivity index (χ0v) is 27.4. The van der Waals surface area contributed by atoms with E-state index in [2.05, 4.69) is 99.9 Å². The summed E-state index contributed by atoms with van der Waals surface area (Å²) in [6.07, 6.45) is 2.04. The summed E-state index contributed by atoms with van der Waals surface area (Å²) in [5, 5.41) is 16.7. The third-order valence-corrected chi connectivity index (χ3v) is 9.69. The Morgan fingerprint density at radius 1 is 0.649 bits per heavy atom. The Bertz CT molecular complexity index is 1240. The minimum atomic E-state index is -1.61. The van der Waals surface area contributed by atoms with E-state index in [9.17, 15) is 0 Å². The second kappa shape index (κ2) is 14.6. The predicted octanol–water partition coefficient (Wildman–Crippen LogP) is 5.38. The largest absolute Gasteiger partial charge is 0.400 e. The molecule has 0 aliphatic rings. The Kier molecular flexibility index (Phi) is 12.9. The van der Waals surface area contributed by atoms with Gasteiger partial charge in [-0.2, -0.15) is 0 Å². The van der Waals surface area contributed by atoms with E-state index in [4.69, 9.17) is 20.2 Å². The number of rotatable bonds is 5. The molecule has 2 heterocycles. The van der Waals surface area contributed by atoms with Gasteiger partial charge in [0.25, 0.3) is 0 Å². The molecular formula is C30H38IrN2O2Si2-2. The number of aromatic nitrogens is 2. The van der Waals surface area contributed by atoms with Crippen LogP contribution >= 0.6 is 0 Å². The van der Waals surface area contributed by atoms with Crippen LogP contribution in [0.3, 0.4) is 0 Å². The maximum absolute atomic E-state index is 7.00. The van der Waals surface area contributed by atoms with Crippen molar-refractivity contribution in [2.45, 2.75) is 39.3 Å². The molecule has 0 unspecified atom stereocenters. The second-order valence-electron chi connectivity index (χ2n) is 10.3. The molecule has 0 aliphatic carbocycles. The van der Waals surface area contributed by atoms with E-state index in [-0.39, 0.29) is 20.1 Å². The molecule has 4 nitrogen and oxygen atoms in total. The van der Waals surface area contributed by atoms with Gasteiger partial charge in [0.1, 0.15) is 0 Å². The van der Waals surface area contributed by atoms with Crippen molar-refractivity contribution in [3.63, 3.8) is 0 Å². The Morgan fingerprint density at radius 2 is 1.27 bits per heavy atom. The van der Waals surface area contributed by atoms with Crippen molar-refractivity contribution in [2.75, 3.05) is 14.2 Å². The van der Waals surface area contributed by atoms with Crippen molar-refractivity contribution in [3.05, 3.63) is 85.1 Å². The molecule has 0 atom stereocenters. The van der Waals surface area contributed by atoms with E-state index in [0.29, 0.717) is 0 Å². The average molecular weight is 707 g/mol. The van der Waals surface area contributed by atoms with Gasteiger partial charge in [0, 0.05) is 46.2 Å². The summed E-state index contributed by atoms with van der Waals surface area (Å²) in [5.41, 5.74) is 5.96. The van der Waals surface area contributed by atoms with Gasteiger partial charge >= 0.3 is 0 Å². The molecule has 2 aromatic heterocycles. The molecule has 0 bridgehead atoms. The Balaban J connectivity index is 0.00000131. The van der Waals surface area contributed by atoms with Gasteiger partial charge in [0.05, 0.1) is 16.1 Å². The minimum absolute atomic E-state index is 0. The van der Waals surface area contributed by atoms with Crippen LogP contribution in [-0.2, 0) is 20.1 Å². The monoisotopic (exact) mass is 707 g/mol. The smallest absolute Gasteiger partial charge is 0.0795 e. The fourth-order valence-corrected chi connectivity index (χ4v) is 6.25. The molecule has 199 valence electrons. The molecule has 0 saturated heterocycles. The molecule has 2 N–H and O–H groups in total. The van der Waals surface area contributed by atoms with Crippen molar-refractivity contribution in [1.82, 2.24) is 9.97 Å². The first kappa shape index (κ1) is 32.8. The van der Waals surface area contributed by atoms with Crippen molar-refractivity contribution in [1.29, 1.82) is 0 Å². The van der Waals surface area contributed by atoms with Crippen LogP contribution < -0.4 is 10.4 Å². The Hall–Kier alpha value is -2.26. The number of nitrogens with zero attached hydrogens (tertiary/aromatic N) is 2. The number of benzene rings is 2. The first-order chi connectivity index (χ1) is 17.1. The summed E-state index contributed by atoms with van der Waals surface area (Å²) in [6, 6.07) is 30.0. The summed E-state index contributed by atoms with van der Waals surface area (Å²) in [6.45, 7) is 14.1. The van der Waals surface area contributed by atoms with Crippen LogP contribution in [0.5, 0.6) is 0 Å². The van der Waals surface area contributed by atoms with Crippen LogP contribution in [0.2, 0.25) is 39.3 Å². The van der Waals surface area contributed by atoms with Gasteiger partial charge in [0.15, 0.2) is 0 Å². The quantitative estimate of drug-likeness (QED) is 0.216. The number of aliphatic hydroxyl groups is 2. The summed E-state index contributed by atoms with van der Waals surface area (Å²) in [4.78, 5) is 9.89. The molecule has 2 aromatic carbocycles. The van der Waals surface area contributed by atoms with Crippen LogP contribution in [0.25, 0.3) is 33.8 Å². The zero-order valence-electron chi connectivity index (χ0n) is 23.1. The topological polar surface area (TPSA) is 66.2 Å². The van der Waals surface area contributed by atoms with E-state index < -0.39 is 16.1 Å². The third-order valence-electron chi connectivity index (χ3n) is 5.64. The summed E-state index contributed by atoms with van der Waals surface area (Å²) in [7, 11) is -0.982. The average Bonchev–Trinajstić information content (AvgIpc) is 2.90. The molecule has 4 rings (SSSR count). The number of hydrogen-bond acceptors (Lipinski definition) is 4. The summed E-state index contributed by atoms with van der Waals surface area (Å²) < 4.78 is 0. The van der Waals surface area contributed by atoms with E-state index in [0.717, 1.165) is 48.0 Å². The van der Waals surface area contributed by atoms with Crippen molar-refractivity contribution in [3.8, 4) is 33.8 Å². The molecular weight excluding hydrogens is 669 g/mol. The van der Waals surface area contributed by atoms with Gasteiger partial charge in [-0.1, -0.05) is 79.9 Å². The molecule has 4 aromatic rings.